The summed E-state index contributed by atoms with van der Waals surface area (Å²) in [7, 11) is 1.61. The Bertz CT molecular complexity index is 1290. The van der Waals surface area contributed by atoms with E-state index in [0.29, 0.717) is 17.2 Å². The molecule has 33 heavy (non-hydrogen) atoms. The highest BCUT2D eigenvalue weighted by atomic mass is 32.2. The van der Waals surface area contributed by atoms with E-state index in [9.17, 15) is 9.18 Å². The van der Waals surface area contributed by atoms with E-state index in [0.717, 1.165) is 28.1 Å². The van der Waals surface area contributed by atoms with Crippen LogP contribution >= 0.6 is 11.8 Å². The second-order valence-corrected chi connectivity index (χ2v) is 8.45. The van der Waals surface area contributed by atoms with Crippen molar-refractivity contribution in [3.8, 4) is 5.75 Å². The van der Waals surface area contributed by atoms with Gasteiger partial charge in [-0.15, -0.1) is 0 Å². The molecule has 4 aromatic rings. The Morgan fingerprint density at radius 3 is 2.61 bits per heavy atom. The van der Waals surface area contributed by atoms with Crippen LogP contribution < -0.4 is 4.74 Å². The van der Waals surface area contributed by atoms with Crippen LogP contribution in [-0.4, -0.2) is 34.5 Å². The minimum Gasteiger partial charge on any atom is -0.497 e. The van der Waals surface area contributed by atoms with Gasteiger partial charge in [0.25, 0.3) is 11.1 Å². The number of para-hydroxylation sites is 2. The van der Waals surface area contributed by atoms with Crippen LogP contribution in [0.3, 0.4) is 0 Å². The van der Waals surface area contributed by atoms with E-state index in [2.05, 4.69) is 10.1 Å². The smallest absolute Gasteiger partial charge is 0.257 e. The summed E-state index contributed by atoms with van der Waals surface area (Å²) in [4.78, 5) is 17.6. The molecule has 0 radical (unpaired) electrons. The Morgan fingerprint density at radius 2 is 1.88 bits per heavy atom. The number of carbonyl (C=O) groups excluding carboxylic acids is 1. The lowest BCUT2D eigenvalue weighted by Gasteiger charge is -2.21. The highest BCUT2D eigenvalue weighted by Gasteiger charge is 2.33. The Morgan fingerprint density at radius 1 is 1.12 bits per heavy atom. The van der Waals surface area contributed by atoms with Crippen molar-refractivity contribution >= 4 is 34.5 Å². The van der Waals surface area contributed by atoms with Gasteiger partial charge < -0.3 is 9.15 Å². The second kappa shape index (κ2) is 9.07. The van der Waals surface area contributed by atoms with Gasteiger partial charge in [-0.1, -0.05) is 36.0 Å². The van der Waals surface area contributed by atoms with Crippen molar-refractivity contribution in [2.24, 2.45) is 5.10 Å². The largest absolute Gasteiger partial charge is 0.497 e. The number of hydrazone groups is 1. The van der Waals surface area contributed by atoms with Gasteiger partial charge in [0.1, 0.15) is 17.1 Å². The van der Waals surface area contributed by atoms with E-state index < -0.39 is 0 Å². The van der Waals surface area contributed by atoms with E-state index in [1.807, 2.05) is 48.5 Å². The van der Waals surface area contributed by atoms with Gasteiger partial charge in [0, 0.05) is 6.42 Å². The SMILES string of the molecule is COc1ccc(C2=NN(C(=O)CSc3nc4ccccc4o3)[C@@H](c3ccc(F)cc3)C2)cc1. The molecule has 0 bridgehead atoms. The van der Waals surface area contributed by atoms with Crippen molar-refractivity contribution in [2.75, 3.05) is 12.9 Å². The van der Waals surface area contributed by atoms with Crippen LogP contribution in [0.5, 0.6) is 5.75 Å². The zero-order valence-electron chi connectivity index (χ0n) is 17.8. The van der Waals surface area contributed by atoms with Crippen LogP contribution in [0.4, 0.5) is 4.39 Å². The topological polar surface area (TPSA) is 67.9 Å². The molecule has 1 aliphatic heterocycles. The summed E-state index contributed by atoms with van der Waals surface area (Å²) >= 11 is 1.23. The van der Waals surface area contributed by atoms with Crippen LogP contribution in [-0.2, 0) is 4.79 Å². The summed E-state index contributed by atoms with van der Waals surface area (Å²) < 4.78 is 24.4. The first-order valence-corrected chi connectivity index (χ1v) is 11.4. The number of hydrogen-bond donors (Lipinski definition) is 0. The zero-order chi connectivity index (χ0) is 22.8. The van der Waals surface area contributed by atoms with Gasteiger partial charge in [-0.25, -0.2) is 14.4 Å². The quantitative estimate of drug-likeness (QED) is 0.358. The molecular weight excluding hydrogens is 441 g/mol. The molecule has 0 saturated heterocycles. The Balaban J connectivity index is 1.38. The molecule has 1 aliphatic rings. The molecule has 0 N–H and O–H groups in total. The fourth-order valence-electron chi connectivity index (χ4n) is 3.75. The number of rotatable bonds is 6. The highest BCUT2D eigenvalue weighted by molar-refractivity contribution is 7.99. The monoisotopic (exact) mass is 461 g/mol. The van der Waals surface area contributed by atoms with Crippen LogP contribution in [0.25, 0.3) is 11.1 Å². The maximum absolute atomic E-state index is 13.5. The van der Waals surface area contributed by atoms with Gasteiger partial charge in [-0.2, -0.15) is 5.10 Å². The molecule has 166 valence electrons. The number of halogens is 1. The number of thioether (sulfide) groups is 1. The summed E-state index contributed by atoms with van der Waals surface area (Å²) in [5, 5.41) is 6.57. The van der Waals surface area contributed by atoms with Crippen LogP contribution in [0.1, 0.15) is 23.6 Å². The highest BCUT2D eigenvalue weighted by Crippen LogP contribution is 2.34. The Labute approximate surface area is 194 Å². The number of fused-ring (bicyclic) bond motifs is 1. The van der Waals surface area contributed by atoms with Crippen molar-refractivity contribution in [1.29, 1.82) is 0 Å². The van der Waals surface area contributed by atoms with Gasteiger partial charge in [-0.05, 0) is 59.7 Å². The maximum atomic E-state index is 13.5. The fourth-order valence-corrected chi connectivity index (χ4v) is 4.44. The van der Waals surface area contributed by atoms with Crippen molar-refractivity contribution in [3.05, 3.63) is 89.7 Å². The minimum absolute atomic E-state index is 0.115. The number of benzene rings is 3. The first-order valence-electron chi connectivity index (χ1n) is 10.4. The standard InChI is InChI=1S/C25H20FN3O3S/c1-31-19-12-8-16(9-13-19)21-14-22(17-6-10-18(26)11-7-17)29(28-21)24(30)15-33-25-27-20-4-2-3-5-23(20)32-25/h2-13,22H,14-15H2,1H3/t22-/m1/s1. The zero-order valence-corrected chi connectivity index (χ0v) is 18.6. The summed E-state index contributed by atoms with van der Waals surface area (Å²) in [5.74, 6) is 0.358. The molecule has 6 nitrogen and oxygen atoms in total. The van der Waals surface area contributed by atoms with Crippen LogP contribution in [0.15, 0.2) is 87.5 Å². The van der Waals surface area contributed by atoms with Crippen LogP contribution in [0.2, 0.25) is 0 Å². The van der Waals surface area contributed by atoms with Gasteiger partial charge in [0.2, 0.25) is 0 Å². The first-order chi connectivity index (χ1) is 16.1. The third-order valence-corrected chi connectivity index (χ3v) is 6.25. The van der Waals surface area contributed by atoms with Crippen molar-refractivity contribution in [1.82, 2.24) is 9.99 Å². The maximum Gasteiger partial charge on any atom is 0.257 e. The molecule has 0 fully saturated rings. The number of hydrogen-bond acceptors (Lipinski definition) is 6. The third kappa shape index (κ3) is 4.47. The predicted octanol–water partition coefficient (Wildman–Crippen LogP) is 5.45. The number of oxazole rings is 1. The molecule has 1 aromatic heterocycles. The first kappa shape index (κ1) is 21.2. The lowest BCUT2D eigenvalue weighted by Crippen LogP contribution is -2.28. The van der Waals surface area contributed by atoms with E-state index in [-0.39, 0.29) is 23.5 Å². The van der Waals surface area contributed by atoms with Crippen molar-refractivity contribution < 1.29 is 18.3 Å². The molecule has 0 spiro atoms. The lowest BCUT2D eigenvalue weighted by atomic mass is 9.98. The van der Waals surface area contributed by atoms with E-state index in [1.165, 1.54) is 28.9 Å². The normalized spacial score (nSPS) is 15.6. The molecular formula is C25H20FN3O3S. The summed E-state index contributed by atoms with van der Waals surface area (Å²) in [6.45, 7) is 0. The number of amides is 1. The van der Waals surface area contributed by atoms with Crippen molar-refractivity contribution in [3.63, 3.8) is 0 Å². The average Bonchev–Trinajstić information content (AvgIpc) is 3.48. The summed E-state index contributed by atoms with van der Waals surface area (Å²) in [5.41, 5.74) is 3.94. The molecule has 0 aliphatic carbocycles. The molecule has 8 heteroatoms. The number of methoxy groups -OCH3 is 1. The number of ether oxygens (including phenoxy) is 1. The average molecular weight is 462 g/mol. The molecule has 0 saturated carbocycles. The van der Waals surface area contributed by atoms with E-state index in [1.54, 1.807) is 19.2 Å². The van der Waals surface area contributed by atoms with Gasteiger partial charge in [-0.3, -0.25) is 4.79 Å². The Kier molecular flexibility index (Phi) is 5.83. The Hall–Kier alpha value is -3.65. The molecule has 1 amide bonds. The summed E-state index contributed by atoms with van der Waals surface area (Å²) in [6, 6.07) is 20.9. The van der Waals surface area contributed by atoms with Gasteiger partial charge in [0.05, 0.1) is 24.6 Å². The predicted molar refractivity (Wildman–Crippen MR) is 125 cm³/mol. The van der Waals surface area contributed by atoms with Crippen molar-refractivity contribution in [2.45, 2.75) is 17.7 Å². The molecule has 0 unspecified atom stereocenters. The third-order valence-electron chi connectivity index (χ3n) is 5.44. The number of carbonyl (C=O) groups is 1. The lowest BCUT2D eigenvalue weighted by molar-refractivity contribution is -0.130. The van der Waals surface area contributed by atoms with E-state index >= 15 is 0 Å². The number of nitrogens with zero attached hydrogens (tertiary/aromatic N) is 3. The van der Waals surface area contributed by atoms with E-state index in [4.69, 9.17) is 9.15 Å². The van der Waals surface area contributed by atoms with Gasteiger partial charge in [0.15, 0.2) is 5.58 Å². The second-order valence-electron chi connectivity index (χ2n) is 7.52. The summed E-state index contributed by atoms with van der Waals surface area (Å²) in [6.07, 6.45) is 0.525. The fraction of sp³-hybridized carbons (Fsp3) is 0.160. The van der Waals surface area contributed by atoms with Gasteiger partial charge >= 0.3 is 0 Å². The molecule has 2 heterocycles. The van der Waals surface area contributed by atoms with Crippen LogP contribution in [0, 0.1) is 5.82 Å². The minimum atomic E-state index is -0.322. The number of aromatic nitrogens is 1. The molecule has 5 rings (SSSR count). The molecule has 3 aromatic carbocycles. The molecule has 1 atom stereocenters.